The van der Waals surface area contributed by atoms with E-state index in [1.807, 2.05) is 6.07 Å². The van der Waals surface area contributed by atoms with E-state index in [-0.39, 0.29) is 0 Å². The highest BCUT2D eigenvalue weighted by Crippen LogP contribution is 2.32. The number of thiophene rings is 1. The van der Waals surface area contributed by atoms with Crippen LogP contribution in [0.5, 0.6) is 0 Å². The molecule has 4 heteroatoms. The van der Waals surface area contributed by atoms with Gasteiger partial charge in [0.2, 0.25) is 0 Å². The van der Waals surface area contributed by atoms with Crippen LogP contribution in [0.2, 0.25) is 0 Å². The van der Waals surface area contributed by atoms with Crippen LogP contribution < -0.4 is 5.73 Å². The average molecular weight is 283 g/mol. The summed E-state index contributed by atoms with van der Waals surface area (Å²) in [6.07, 6.45) is 1.90. The summed E-state index contributed by atoms with van der Waals surface area (Å²) in [7, 11) is 0. The molecule has 0 spiro atoms. The minimum atomic E-state index is 0.589. The lowest BCUT2D eigenvalue weighted by Crippen LogP contribution is -1.94. The summed E-state index contributed by atoms with van der Waals surface area (Å²) in [6, 6.07) is 12.8. The fourth-order valence-corrected chi connectivity index (χ4v) is 3.10. The van der Waals surface area contributed by atoms with Crippen molar-refractivity contribution in [3.8, 4) is 10.4 Å². The minimum Gasteiger partial charge on any atom is -0.382 e. The van der Waals surface area contributed by atoms with Gasteiger partial charge in [0.1, 0.15) is 0 Å². The van der Waals surface area contributed by atoms with E-state index in [0.717, 1.165) is 24.1 Å². The smallest absolute Gasteiger partial charge is 0.154 e. The van der Waals surface area contributed by atoms with Gasteiger partial charge in [-0.3, -0.25) is 5.10 Å². The van der Waals surface area contributed by atoms with Gasteiger partial charge in [0, 0.05) is 10.6 Å². The number of hydrogen-bond acceptors (Lipinski definition) is 3. The van der Waals surface area contributed by atoms with Crippen molar-refractivity contribution in [1.82, 2.24) is 10.2 Å². The third-order valence-corrected chi connectivity index (χ3v) is 4.31. The van der Waals surface area contributed by atoms with Crippen molar-refractivity contribution in [3.05, 3.63) is 58.6 Å². The van der Waals surface area contributed by atoms with Gasteiger partial charge in [-0.2, -0.15) is 5.10 Å². The molecule has 0 bridgehead atoms. The highest BCUT2D eigenvalue weighted by atomic mass is 32.1. The van der Waals surface area contributed by atoms with Crippen LogP contribution in [0.3, 0.4) is 0 Å². The van der Waals surface area contributed by atoms with Crippen LogP contribution in [0, 0.1) is 6.92 Å². The van der Waals surface area contributed by atoms with Crippen LogP contribution in [-0.4, -0.2) is 10.2 Å². The number of hydrogen-bond donors (Lipinski definition) is 2. The van der Waals surface area contributed by atoms with Gasteiger partial charge in [-0.05, 0) is 36.8 Å². The Labute approximate surface area is 122 Å². The fraction of sp³-hybridized carbons (Fsp3) is 0.188. The lowest BCUT2D eigenvalue weighted by molar-refractivity contribution is 0.895. The van der Waals surface area contributed by atoms with Gasteiger partial charge in [-0.25, -0.2) is 0 Å². The Bertz CT molecular complexity index is 681. The molecule has 3 nitrogen and oxygen atoms in total. The van der Waals surface area contributed by atoms with Crippen molar-refractivity contribution in [2.75, 3.05) is 5.73 Å². The molecule has 0 aliphatic heterocycles. The molecule has 3 rings (SSSR count). The lowest BCUT2D eigenvalue weighted by atomic mass is 10.0. The maximum absolute atomic E-state index is 5.99. The Hall–Kier alpha value is -2.07. The van der Waals surface area contributed by atoms with E-state index in [2.05, 4.69) is 52.8 Å². The minimum absolute atomic E-state index is 0.589. The Morgan fingerprint density at radius 2 is 1.95 bits per heavy atom. The first-order valence-corrected chi connectivity index (χ1v) is 7.54. The third kappa shape index (κ3) is 2.60. The zero-order valence-corrected chi connectivity index (χ0v) is 12.2. The number of nitrogens with zero attached hydrogens (tertiary/aromatic N) is 1. The molecule has 102 valence electrons. The summed E-state index contributed by atoms with van der Waals surface area (Å²) in [5.74, 6) is 0.589. The highest BCUT2D eigenvalue weighted by Gasteiger charge is 2.13. The number of rotatable bonds is 4. The molecule has 1 aromatic carbocycles. The molecule has 0 atom stereocenters. The summed E-state index contributed by atoms with van der Waals surface area (Å²) < 4.78 is 0. The molecule has 0 saturated carbocycles. The van der Waals surface area contributed by atoms with Gasteiger partial charge >= 0.3 is 0 Å². The largest absolute Gasteiger partial charge is 0.382 e. The van der Waals surface area contributed by atoms with Gasteiger partial charge in [0.05, 0.1) is 5.56 Å². The van der Waals surface area contributed by atoms with Gasteiger partial charge in [-0.1, -0.05) is 35.9 Å². The molecule has 0 saturated heterocycles. The zero-order valence-electron chi connectivity index (χ0n) is 11.4. The van der Waals surface area contributed by atoms with Crippen molar-refractivity contribution < 1.29 is 0 Å². The normalized spacial score (nSPS) is 10.8. The van der Waals surface area contributed by atoms with Crippen molar-refractivity contribution in [3.63, 3.8) is 0 Å². The van der Waals surface area contributed by atoms with Crippen LogP contribution >= 0.6 is 11.3 Å². The quantitative estimate of drug-likeness (QED) is 0.765. The lowest BCUT2D eigenvalue weighted by Gasteiger charge is -2.03. The van der Waals surface area contributed by atoms with Gasteiger partial charge < -0.3 is 5.73 Å². The van der Waals surface area contributed by atoms with Crippen molar-refractivity contribution in [1.29, 1.82) is 0 Å². The number of aryl methyl sites for hydroxylation is 3. The van der Waals surface area contributed by atoms with E-state index in [1.165, 1.54) is 16.0 Å². The van der Waals surface area contributed by atoms with E-state index in [9.17, 15) is 0 Å². The van der Waals surface area contributed by atoms with Crippen LogP contribution in [0.4, 0.5) is 5.82 Å². The van der Waals surface area contributed by atoms with Gasteiger partial charge in [0.15, 0.2) is 5.82 Å². The van der Waals surface area contributed by atoms with Gasteiger partial charge in [0.25, 0.3) is 0 Å². The summed E-state index contributed by atoms with van der Waals surface area (Å²) in [4.78, 5) is 1.18. The summed E-state index contributed by atoms with van der Waals surface area (Å²) in [6.45, 7) is 2.11. The van der Waals surface area contributed by atoms with Crippen molar-refractivity contribution in [2.45, 2.75) is 19.8 Å². The molecule has 0 radical (unpaired) electrons. The van der Waals surface area contributed by atoms with Crippen molar-refractivity contribution >= 4 is 17.2 Å². The summed E-state index contributed by atoms with van der Waals surface area (Å²) >= 11 is 1.69. The standard InChI is InChI=1S/C16H17N3S/c1-11-4-6-12(7-5-11)8-9-13-15(16(17)19-18-13)14-3-2-10-20-14/h2-7,10H,8-9H2,1H3,(H3,17,18,19). The Morgan fingerprint density at radius 1 is 1.15 bits per heavy atom. The number of nitrogens with two attached hydrogens (primary N) is 1. The van der Waals surface area contributed by atoms with Crippen LogP contribution in [0.15, 0.2) is 41.8 Å². The van der Waals surface area contributed by atoms with E-state index in [4.69, 9.17) is 5.73 Å². The first-order valence-electron chi connectivity index (χ1n) is 6.66. The van der Waals surface area contributed by atoms with E-state index in [1.54, 1.807) is 11.3 Å². The zero-order chi connectivity index (χ0) is 13.9. The van der Waals surface area contributed by atoms with Crippen LogP contribution in [0.25, 0.3) is 10.4 Å². The second kappa shape index (κ2) is 5.51. The number of H-pyrrole nitrogens is 1. The van der Waals surface area contributed by atoms with Crippen LogP contribution in [0.1, 0.15) is 16.8 Å². The molecule has 0 aliphatic carbocycles. The fourth-order valence-electron chi connectivity index (χ4n) is 2.29. The topological polar surface area (TPSA) is 54.7 Å². The average Bonchev–Trinajstić information content (AvgIpc) is 3.07. The molecule has 0 amide bonds. The number of benzene rings is 1. The molecule has 20 heavy (non-hydrogen) atoms. The SMILES string of the molecule is Cc1ccc(CCc2[nH]nc(N)c2-c2cccs2)cc1. The molecule has 0 aliphatic rings. The number of anilines is 1. The van der Waals surface area contributed by atoms with Crippen molar-refractivity contribution in [2.24, 2.45) is 0 Å². The molecule has 2 heterocycles. The molecule has 2 aromatic heterocycles. The predicted octanol–water partition coefficient (Wildman–Crippen LogP) is 3.81. The first kappa shape index (κ1) is 12.9. The van der Waals surface area contributed by atoms with Crippen LogP contribution in [-0.2, 0) is 12.8 Å². The molecule has 3 aromatic rings. The van der Waals surface area contributed by atoms with E-state index in [0.29, 0.717) is 5.82 Å². The molecule has 3 N–H and O–H groups in total. The Kier molecular flexibility index (Phi) is 3.56. The number of nitrogens with one attached hydrogen (secondary N) is 1. The summed E-state index contributed by atoms with van der Waals surface area (Å²) in [5.41, 5.74) is 10.8. The number of aromatic nitrogens is 2. The summed E-state index contributed by atoms with van der Waals surface area (Å²) in [5, 5.41) is 9.30. The highest BCUT2D eigenvalue weighted by molar-refractivity contribution is 7.13. The molecule has 0 fully saturated rings. The first-order chi connectivity index (χ1) is 9.74. The Balaban J connectivity index is 1.80. The Morgan fingerprint density at radius 3 is 2.65 bits per heavy atom. The molecule has 0 unspecified atom stereocenters. The predicted molar refractivity (Wildman–Crippen MR) is 84.9 cm³/mol. The van der Waals surface area contributed by atoms with Gasteiger partial charge in [-0.15, -0.1) is 11.3 Å². The van der Waals surface area contributed by atoms with E-state index >= 15 is 0 Å². The second-order valence-electron chi connectivity index (χ2n) is 4.93. The maximum Gasteiger partial charge on any atom is 0.154 e. The number of nitrogen functional groups attached to an aromatic ring is 1. The third-order valence-electron chi connectivity index (χ3n) is 3.42. The second-order valence-corrected chi connectivity index (χ2v) is 5.87. The molecular formula is C16H17N3S. The van der Waals surface area contributed by atoms with E-state index < -0.39 is 0 Å². The maximum atomic E-state index is 5.99. The molecular weight excluding hydrogens is 266 g/mol. The number of aromatic amines is 1. The monoisotopic (exact) mass is 283 g/mol.